The van der Waals surface area contributed by atoms with E-state index in [1.807, 2.05) is 48.5 Å². The molecule has 5 heteroatoms. The molecule has 0 fully saturated rings. The Morgan fingerprint density at radius 2 is 1.96 bits per heavy atom. The standard InChI is InChI=1S/C18H11ClN2OS/c19-12-6-8-17-15(9-12)21-18(23-17)20-10-14-13-4-2-1-3-11(13)5-7-16(14)22/h1-10,22H/b20-10+. The van der Waals surface area contributed by atoms with Crippen LogP contribution in [0.25, 0.3) is 21.0 Å². The molecule has 0 saturated carbocycles. The van der Waals surface area contributed by atoms with Gasteiger partial charge in [0.1, 0.15) is 5.75 Å². The molecule has 0 unspecified atom stereocenters. The van der Waals surface area contributed by atoms with Gasteiger partial charge in [0.25, 0.3) is 0 Å². The van der Waals surface area contributed by atoms with Gasteiger partial charge in [0.15, 0.2) is 0 Å². The first-order valence-electron chi connectivity index (χ1n) is 7.01. The molecular formula is C18H11ClN2OS. The van der Waals surface area contributed by atoms with E-state index < -0.39 is 0 Å². The molecule has 1 N–H and O–H groups in total. The average molecular weight is 339 g/mol. The maximum absolute atomic E-state index is 10.1. The first kappa shape index (κ1) is 14.2. The predicted molar refractivity (Wildman–Crippen MR) is 97.5 cm³/mol. The second kappa shape index (κ2) is 5.65. The van der Waals surface area contributed by atoms with Crippen LogP contribution in [0.3, 0.4) is 0 Å². The normalized spacial score (nSPS) is 11.7. The number of thiazole rings is 1. The Balaban J connectivity index is 1.79. The second-order valence-electron chi connectivity index (χ2n) is 5.09. The first-order chi connectivity index (χ1) is 11.2. The van der Waals surface area contributed by atoms with Crippen molar-refractivity contribution in [3.63, 3.8) is 0 Å². The van der Waals surface area contributed by atoms with Crippen LogP contribution >= 0.6 is 22.9 Å². The third kappa shape index (κ3) is 2.67. The molecule has 3 aromatic carbocycles. The van der Waals surface area contributed by atoms with E-state index >= 15 is 0 Å². The summed E-state index contributed by atoms with van der Waals surface area (Å²) in [4.78, 5) is 8.89. The summed E-state index contributed by atoms with van der Waals surface area (Å²) in [5.74, 6) is 0.205. The molecule has 23 heavy (non-hydrogen) atoms. The van der Waals surface area contributed by atoms with Gasteiger partial charge in [0.2, 0.25) is 5.13 Å². The minimum atomic E-state index is 0.205. The van der Waals surface area contributed by atoms with Crippen molar-refractivity contribution in [3.05, 3.63) is 65.2 Å². The lowest BCUT2D eigenvalue weighted by atomic mass is 10.0. The molecule has 1 aromatic heterocycles. The van der Waals surface area contributed by atoms with E-state index in [-0.39, 0.29) is 5.75 Å². The van der Waals surface area contributed by atoms with E-state index in [4.69, 9.17) is 11.6 Å². The molecule has 0 atom stereocenters. The highest BCUT2D eigenvalue weighted by Crippen LogP contribution is 2.31. The van der Waals surface area contributed by atoms with Crippen LogP contribution in [0.15, 0.2) is 59.6 Å². The van der Waals surface area contributed by atoms with Gasteiger partial charge in [-0.15, -0.1) is 0 Å². The topological polar surface area (TPSA) is 45.5 Å². The Bertz CT molecular complexity index is 1060. The van der Waals surface area contributed by atoms with Gasteiger partial charge in [-0.25, -0.2) is 9.98 Å². The molecule has 0 radical (unpaired) electrons. The fourth-order valence-corrected chi connectivity index (χ4v) is 3.44. The van der Waals surface area contributed by atoms with Gasteiger partial charge in [-0.3, -0.25) is 0 Å². The Hall–Kier alpha value is -2.43. The summed E-state index contributed by atoms with van der Waals surface area (Å²) in [7, 11) is 0. The molecule has 4 aromatic rings. The van der Waals surface area contributed by atoms with Crippen molar-refractivity contribution >= 4 is 55.3 Å². The van der Waals surface area contributed by atoms with Crippen LogP contribution in [0.5, 0.6) is 5.75 Å². The van der Waals surface area contributed by atoms with Crippen LogP contribution in [-0.2, 0) is 0 Å². The van der Waals surface area contributed by atoms with E-state index in [9.17, 15) is 5.11 Å². The SMILES string of the molecule is Oc1ccc2ccccc2c1/C=N/c1nc2cc(Cl)ccc2s1. The zero-order valence-corrected chi connectivity index (χ0v) is 13.5. The van der Waals surface area contributed by atoms with Gasteiger partial charge in [-0.1, -0.05) is 53.3 Å². The van der Waals surface area contributed by atoms with Crippen molar-refractivity contribution in [2.24, 2.45) is 4.99 Å². The van der Waals surface area contributed by atoms with Crippen LogP contribution in [0.4, 0.5) is 5.13 Å². The average Bonchev–Trinajstić information content (AvgIpc) is 2.96. The zero-order chi connectivity index (χ0) is 15.8. The molecule has 0 bridgehead atoms. The van der Waals surface area contributed by atoms with Crippen molar-refractivity contribution in [2.45, 2.75) is 0 Å². The molecule has 0 aliphatic carbocycles. The molecule has 1 heterocycles. The lowest BCUT2D eigenvalue weighted by Crippen LogP contribution is -1.85. The number of fused-ring (bicyclic) bond motifs is 2. The quantitative estimate of drug-likeness (QED) is 0.486. The van der Waals surface area contributed by atoms with Crippen molar-refractivity contribution < 1.29 is 5.11 Å². The molecule has 0 amide bonds. The summed E-state index contributed by atoms with van der Waals surface area (Å²) in [6.07, 6.45) is 1.66. The summed E-state index contributed by atoms with van der Waals surface area (Å²) >= 11 is 7.47. The summed E-state index contributed by atoms with van der Waals surface area (Å²) < 4.78 is 1.03. The van der Waals surface area contributed by atoms with E-state index in [1.54, 1.807) is 12.3 Å². The monoisotopic (exact) mass is 338 g/mol. The summed E-state index contributed by atoms with van der Waals surface area (Å²) in [5, 5.41) is 13.4. The minimum absolute atomic E-state index is 0.205. The number of benzene rings is 3. The molecule has 0 aliphatic rings. The summed E-state index contributed by atoms with van der Waals surface area (Å²) in [5.41, 5.74) is 1.53. The van der Waals surface area contributed by atoms with Gasteiger partial charge < -0.3 is 5.11 Å². The van der Waals surface area contributed by atoms with Crippen LogP contribution < -0.4 is 0 Å². The Labute approximate surface area is 141 Å². The number of aromatic nitrogens is 1. The van der Waals surface area contributed by atoms with Gasteiger partial charge in [-0.2, -0.15) is 0 Å². The largest absolute Gasteiger partial charge is 0.507 e. The van der Waals surface area contributed by atoms with Gasteiger partial charge >= 0.3 is 0 Å². The third-order valence-corrected chi connectivity index (χ3v) is 4.77. The predicted octanol–water partition coefficient (Wildman–Crippen LogP) is 5.56. The van der Waals surface area contributed by atoms with E-state index in [2.05, 4.69) is 9.98 Å². The molecule has 4 rings (SSSR count). The first-order valence-corrected chi connectivity index (χ1v) is 8.21. The van der Waals surface area contributed by atoms with Gasteiger partial charge in [-0.05, 0) is 35.0 Å². The van der Waals surface area contributed by atoms with Gasteiger partial charge in [0, 0.05) is 16.8 Å². The highest BCUT2D eigenvalue weighted by molar-refractivity contribution is 7.22. The van der Waals surface area contributed by atoms with Crippen molar-refractivity contribution in [3.8, 4) is 5.75 Å². The van der Waals surface area contributed by atoms with Crippen LogP contribution in [0, 0.1) is 0 Å². The maximum Gasteiger partial charge on any atom is 0.210 e. The number of aromatic hydroxyl groups is 1. The highest BCUT2D eigenvalue weighted by atomic mass is 35.5. The Morgan fingerprint density at radius 1 is 1.09 bits per heavy atom. The number of phenolic OH excluding ortho intramolecular Hbond substituents is 1. The highest BCUT2D eigenvalue weighted by Gasteiger charge is 2.06. The van der Waals surface area contributed by atoms with Crippen LogP contribution in [0.1, 0.15) is 5.56 Å². The van der Waals surface area contributed by atoms with Crippen LogP contribution in [0.2, 0.25) is 5.02 Å². The van der Waals surface area contributed by atoms with E-state index in [0.29, 0.717) is 15.7 Å². The number of aliphatic imine (C=N–C) groups is 1. The summed E-state index contributed by atoms with van der Waals surface area (Å²) in [6, 6.07) is 17.1. The third-order valence-electron chi connectivity index (χ3n) is 3.59. The zero-order valence-electron chi connectivity index (χ0n) is 11.9. The van der Waals surface area contributed by atoms with Crippen molar-refractivity contribution in [1.82, 2.24) is 4.98 Å². The molecular weight excluding hydrogens is 328 g/mol. The maximum atomic E-state index is 10.1. The van der Waals surface area contributed by atoms with E-state index in [0.717, 1.165) is 21.0 Å². The van der Waals surface area contributed by atoms with E-state index in [1.165, 1.54) is 11.3 Å². The number of hydrogen-bond acceptors (Lipinski definition) is 4. The fraction of sp³-hybridized carbons (Fsp3) is 0. The lowest BCUT2D eigenvalue weighted by Gasteiger charge is -2.03. The van der Waals surface area contributed by atoms with Crippen molar-refractivity contribution in [1.29, 1.82) is 0 Å². The number of phenols is 1. The van der Waals surface area contributed by atoms with Gasteiger partial charge in [0.05, 0.1) is 10.2 Å². The fourth-order valence-electron chi connectivity index (χ4n) is 2.48. The Kier molecular flexibility index (Phi) is 3.48. The Morgan fingerprint density at radius 3 is 2.87 bits per heavy atom. The smallest absolute Gasteiger partial charge is 0.210 e. The van der Waals surface area contributed by atoms with Crippen molar-refractivity contribution in [2.75, 3.05) is 0 Å². The molecule has 0 aliphatic heterocycles. The number of hydrogen-bond donors (Lipinski definition) is 1. The number of rotatable bonds is 2. The number of halogens is 1. The minimum Gasteiger partial charge on any atom is -0.507 e. The molecule has 0 spiro atoms. The molecule has 3 nitrogen and oxygen atoms in total. The summed E-state index contributed by atoms with van der Waals surface area (Å²) in [6.45, 7) is 0. The number of nitrogens with zero attached hydrogens (tertiary/aromatic N) is 2. The lowest BCUT2D eigenvalue weighted by molar-refractivity contribution is 0.475. The molecule has 112 valence electrons. The second-order valence-corrected chi connectivity index (χ2v) is 6.53. The van der Waals surface area contributed by atoms with Crippen LogP contribution in [-0.4, -0.2) is 16.3 Å². The molecule has 0 saturated heterocycles.